The molecule has 0 aliphatic heterocycles. The average molecular weight is 160 g/mol. The van der Waals surface area contributed by atoms with Crippen LogP contribution in [0.5, 0.6) is 5.75 Å². The molecule has 12 heavy (non-hydrogen) atoms. The number of para-hydroxylation sites is 1. The molecule has 1 aromatic heterocycles. The minimum Gasteiger partial charge on any atom is -0.409 e. The maximum absolute atomic E-state index is 5.08. The molecule has 1 heterocycles. The second-order valence-electron chi connectivity index (χ2n) is 2.45. The van der Waals surface area contributed by atoms with E-state index < -0.39 is 0 Å². The van der Waals surface area contributed by atoms with Crippen LogP contribution < -0.4 is 10.7 Å². The van der Waals surface area contributed by atoms with E-state index in [0.717, 1.165) is 10.9 Å². The minimum absolute atomic E-state index is 0.605. The van der Waals surface area contributed by atoms with Gasteiger partial charge in [-0.25, -0.2) is 0 Å². The topological polar surface area (TPSA) is 48.1 Å². The van der Waals surface area contributed by atoms with Crippen LogP contribution in [0.25, 0.3) is 10.9 Å². The number of fused-ring (bicyclic) bond motifs is 1. The van der Waals surface area contributed by atoms with Crippen LogP contribution in [0.3, 0.4) is 0 Å². The molecule has 2 N–H and O–H groups in total. The molecule has 0 aliphatic rings. The van der Waals surface area contributed by atoms with Crippen molar-refractivity contribution in [2.45, 2.75) is 0 Å². The zero-order valence-electron chi connectivity index (χ0n) is 6.40. The summed E-state index contributed by atoms with van der Waals surface area (Å²) in [5.74, 6) is 5.68. The third-order valence-electron chi connectivity index (χ3n) is 1.72. The average Bonchev–Trinajstić information content (AvgIpc) is 2.17. The van der Waals surface area contributed by atoms with Gasteiger partial charge in [0, 0.05) is 11.6 Å². The van der Waals surface area contributed by atoms with Crippen LogP contribution in [0.1, 0.15) is 0 Å². The first kappa shape index (κ1) is 7.06. The molecule has 0 radical (unpaired) electrons. The van der Waals surface area contributed by atoms with E-state index in [1.54, 1.807) is 12.3 Å². The summed E-state index contributed by atoms with van der Waals surface area (Å²) in [6.45, 7) is 0. The van der Waals surface area contributed by atoms with Gasteiger partial charge in [0.15, 0.2) is 5.75 Å². The van der Waals surface area contributed by atoms with E-state index in [1.165, 1.54) is 0 Å². The summed E-state index contributed by atoms with van der Waals surface area (Å²) in [6.07, 6.45) is 1.71. The van der Waals surface area contributed by atoms with E-state index in [9.17, 15) is 0 Å². The first-order chi connectivity index (χ1) is 5.92. The standard InChI is InChI=1S/C9H8N2O/c10-12-8-5-1-3-7-4-2-6-11-9(7)8/h1-6H,10H2. The van der Waals surface area contributed by atoms with Crippen molar-refractivity contribution in [3.05, 3.63) is 36.5 Å². The number of aromatic nitrogens is 1. The summed E-state index contributed by atoms with van der Waals surface area (Å²) in [4.78, 5) is 8.81. The Hall–Kier alpha value is -1.61. The fraction of sp³-hybridized carbons (Fsp3) is 0. The minimum atomic E-state index is 0.605. The Balaban J connectivity index is 2.79. The van der Waals surface area contributed by atoms with Gasteiger partial charge in [0.05, 0.1) is 0 Å². The monoisotopic (exact) mass is 160 g/mol. The molecule has 0 aliphatic carbocycles. The molecule has 1 aromatic carbocycles. The molecule has 0 amide bonds. The molecule has 0 unspecified atom stereocenters. The third kappa shape index (κ3) is 1.00. The molecule has 60 valence electrons. The van der Waals surface area contributed by atoms with E-state index in [-0.39, 0.29) is 0 Å². The zero-order valence-corrected chi connectivity index (χ0v) is 6.40. The number of hydrogen-bond acceptors (Lipinski definition) is 3. The summed E-state index contributed by atoms with van der Waals surface area (Å²) in [6, 6.07) is 9.47. The van der Waals surface area contributed by atoms with Crippen LogP contribution in [-0.2, 0) is 0 Å². The third-order valence-corrected chi connectivity index (χ3v) is 1.72. The predicted molar refractivity (Wildman–Crippen MR) is 46.6 cm³/mol. The lowest BCUT2D eigenvalue weighted by atomic mass is 10.2. The van der Waals surface area contributed by atoms with Crippen molar-refractivity contribution >= 4 is 10.9 Å². The lowest BCUT2D eigenvalue weighted by Crippen LogP contribution is -2.02. The van der Waals surface area contributed by atoms with Gasteiger partial charge in [-0.3, -0.25) is 4.98 Å². The molecule has 2 aromatic rings. The van der Waals surface area contributed by atoms with E-state index in [4.69, 9.17) is 5.90 Å². The molecule has 3 heteroatoms. The van der Waals surface area contributed by atoms with Crippen molar-refractivity contribution in [3.63, 3.8) is 0 Å². The zero-order chi connectivity index (χ0) is 8.39. The fourth-order valence-electron chi connectivity index (χ4n) is 1.17. The first-order valence-corrected chi connectivity index (χ1v) is 3.62. The Bertz CT molecular complexity index is 395. The molecule has 0 fully saturated rings. The van der Waals surface area contributed by atoms with Gasteiger partial charge in [0.2, 0.25) is 0 Å². The predicted octanol–water partition coefficient (Wildman–Crippen LogP) is 1.49. The Kier molecular flexibility index (Phi) is 1.64. The van der Waals surface area contributed by atoms with Gasteiger partial charge >= 0.3 is 0 Å². The van der Waals surface area contributed by atoms with Crippen molar-refractivity contribution < 1.29 is 4.84 Å². The Morgan fingerprint density at radius 2 is 2.00 bits per heavy atom. The van der Waals surface area contributed by atoms with Crippen LogP contribution in [0.2, 0.25) is 0 Å². The SMILES string of the molecule is NOc1cccc2cccnc12. The molecule has 2 rings (SSSR count). The van der Waals surface area contributed by atoms with Gasteiger partial charge in [-0.15, -0.1) is 0 Å². The lowest BCUT2D eigenvalue weighted by Gasteiger charge is -2.01. The number of rotatable bonds is 1. The Morgan fingerprint density at radius 1 is 1.17 bits per heavy atom. The lowest BCUT2D eigenvalue weighted by molar-refractivity contribution is 0.338. The van der Waals surface area contributed by atoms with Crippen LogP contribution in [0.4, 0.5) is 0 Å². The van der Waals surface area contributed by atoms with E-state index in [1.807, 2.05) is 24.3 Å². The van der Waals surface area contributed by atoms with E-state index in [0.29, 0.717) is 5.75 Å². The number of hydrogen-bond donors (Lipinski definition) is 1. The Labute approximate surface area is 69.7 Å². The molecule has 0 atom stereocenters. The summed E-state index contributed by atoms with van der Waals surface area (Å²) >= 11 is 0. The molecule has 3 nitrogen and oxygen atoms in total. The van der Waals surface area contributed by atoms with Gasteiger partial charge < -0.3 is 4.84 Å². The largest absolute Gasteiger partial charge is 0.409 e. The van der Waals surface area contributed by atoms with Crippen molar-refractivity contribution in [2.75, 3.05) is 0 Å². The highest BCUT2D eigenvalue weighted by Crippen LogP contribution is 2.21. The van der Waals surface area contributed by atoms with Gasteiger partial charge in [-0.2, -0.15) is 5.90 Å². The van der Waals surface area contributed by atoms with Gasteiger partial charge in [-0.1, -0.05) is 18.2 Å². The number of benzene rings is 1. The highest BCUT2D eigenvalue weighted by molar-refractivity contribution is 5.84. The molecule has 0 spiro atoms. The maximum atomic E-state index is 5.08. The van der Waals surface area contributed by atoms with Gasteiger partial charge in [0.25, 0.3) is 0 Å². The second kappa shape index (κ2) is 2.79. The molecular formula is C9H8N2O. The summed E-state index contributed by atoms with van der Waals surface area (Å²) in [5, 5.41) is 1.03. The summed E-state index contributed by atoms with van der Waals surface area (Å²) < 4.78 is 0. The molecule has 0 bridgehead atoms. The highest BCUT2D eigenvalue weighted by atomic mass is 16.6. The highest BCUT2D eigenvalue weighted by Gasteiger charge is 1.99. The van der Waals surface area contributed by atoms with E-state index >= 15 is 0 Å². The Morgan fingerprint density at radius 3 is 2.83 bits per heavy atom. The molecule has 0 saturated heterocycles. The summed E-state index contributed by atoms with van der Waals surface area (Å²) in [5.41, 5.74) is 0.794. The number of pyridine rings is 1. The van der Waals surface area contributed by atoms with Crippen molar-refractivity contribution in [2.24, 2.45) is 5.90 Å². The van der Waals surface area contributed by atoms with Crippen LogP contribution in [0.15, 0.2) is 36.5 Å². The molecular weight excluding hydrogens is 152 g/mol. The fourth-order valence-corrected chi connectivity index (χ4v) is 1.17. The van der Waals surface area contributed by atoms with Crippen molar-refractivity contribution in [3.8, 4) is 5.75 Å². The van der Waals surface area contributed by atoms with Crippen LogP contribution in [0, 0.1) is 0 Å². The van der Waals surface area contributed by atoms with Gasteiger partial charge in [-0.05, 0) is 12.1 Å². The summed E-state index contributed by atoms with van der Waals surface area (Å²) in [7, 11) is 0. The van der Waals surface area contributed by atoms with Crippen molar-refractivity contribution in [1.29, 1.82) is 0 Å². The normalized spacial score (nSPS) is 10.1. The first-order valence-electron chi connectivity index (χ1n) is 3.62. The number of nitrogens with zero attached hydrogens (tertiary/aromatic N) is 1. The second-order valence-corrected chi connectivity index (χ2v) is 2.45. The van der Waals surface area contributed by atoms with E-state index in [2.05, 4.69) is 9.82 Å². The smallest absolute Gasteiger partial charge is 0.173 e. The quantitative estimate of drug-likeness (QED) is 0.643. The van der Waals surface area contributed by atoms with Crippen LogP contribution >= 0.6 is 0 Å². The van der Waals surface area contributed by atoms with Crippen LogP contribution in [-0.4, -0.2) is 4.98 Å². The number of nitrogens with two attached hydrogens (primary N) is 1. The van der Waals surface area contributed by atoms with Gasteiger partial charge in [0.1, 0.15) is 5.52 Å². The maximum Gasteiger partial charge on any atom is 0.173 e. The molecule has 0 saturated carbocycles. The van der Waals surface area contributed by atoms with Crippen molar-refractivity contribution in [1.82, 2.24) is 4.98 Å².